The molecule has 0 bridgehead atoms. The summed E-state index contributed by atoms with van der Waals surface area (Å²) in [5.41, 5.74) is 0.818. The summed E-state index contributed by atoms with van der Waals surface area (Å²) in [6.45, 7) is 3.02. The number of carbonyl (C=O) groups is 3. The lowest BCUT2D eigenvalue weighted by Gasteiger charge is -2.13. The predicted octanol–water partition coefficient (Wildman–Crippen LogP) is 3.32. The van der Waals surface area contributed by atoms with Crippen molar-refractivity contribution in [2.24, 2.45) is 0 Å². The molecule has 0 radical (unpaired) electrons. The Morgan fingerprint density at radius 2 is 1.87 bits per heavy atom. The predicted molar refractivity (Wildman–Crippen MR) is 108 cm³/mol. The highest BCUT2D eigenvalue weighted by atomic mass is 19.1. The maximum absolute atomic E-state index is 14.1. The van der Waals surface area contributed by atoms with Crippen LogP contribution in [0, 0.1) is 18.6 Å². The Hall–Kier alpha value is -3.75. The molecule has 0 aliphatic heterocycles. The standard InChI is InChI=1S/C22H20F2N2O5/c1-11(21(30)25-7-6-19(28)29)20-12(2)26(17-10-16(24)18(27)9-15(17)20)22(31)13-4-3-5-14(23)8-13/h3-5,8-11,27H,6-7H2,1-2H3,(H,25,30)(H,28,29)/t11-/m0/s1. The number of rotatable bonds is 6. The summed E-state index contributed by atoms with van der Waals surface area (Å²) in [4.78, 5) is 36.4. The van der Waals surface area contributed by atoms with Crippen LogP contribution in [0.4, 0.5) is 8.78 Å². The van der Waals surface area contributed by atoms with E-state index < -0.39 is 41.1 Å². The van der Waals surface area contributed by atoms with E-state index in [0.29, 0.717) is 11.3 Å². The zero-order valence-electron chi connectivity index (χ0n) is 16.8. The number of nitrogens with one attached hydrogen (secondary N) is 1. The maximum Gasteiger partial charge on any atom is 0.305 e. The molecule has 1 amide bonds. The number of hydrogen-bond donors (Lipinski definition) is 3. The van der Waals surface area contributed by atoms with Gasteiger partial charge in [-0.05, 0) is 43.7 Å². The normalized spacial score (nSPS) is 12.0. The van der Waals surface area contributed by atoms with Crippen LogP contribution in [0.3, 0.4) is 0 Å². The smallest absolute Gasteiger partial charge is 0.305 e. The van der Waals surface area contributed by atoms with Gasteiger partial charge >= 0.3 is 5.97 Å². The lowest BCUT2D eigenvalue weighted by atomic mass is 9.96. The summed E-state index contributed by atoms with van der Waals surface area (Å²) in [7, 11) is 0. The first-order valence-electron chi connectivity index (χ1n) is 9.45. The number of carbonyl (C=O) groups excluding carboxylic acids is 2. The lowest BCUT2D eigenvalue weighted by Crippen LogP contribution is -2.30. The van der Waals surface area contributed by atoms with E-state index in [0.717, 1.165) is 18.2 Å². The molecular formula is C22H20F2N2O5. The second-order valence-electron chi connectivity index (χ2n) is 7.13. The first-order chi connectivity index (χ1) is 14.6. The molecule has 7 nitrogen and oxygen atoms in total. The van der Waals surface area contributed by atoms with Crippen LogP contribution in [0.15, 0.2) is 36.4 Å². The summed E-state index contributed by atoms with van der Waals surface area (Å²) in [6, 6.07) is 7.12. The zero-order chi connectivity index (χ0) is 22.9. The number of amides is 1. The van der Waals surface area contributed by atoms with Crippen molar-refractivity contribution in [2.45, 2.75) is 26.2 Å². The minimum Gasteiger partial charge on any atom is -0.505 e. The molecule has 31 heavy (non-hydrogen) atoms. The van der Waals surface area contributed by atoms with Crippen LogP contribution in [-0.4, -0.2) is 39.1 Å². The Bertz CT molecular complexity index is 1200. The Labute approximate surface area is 175 Å². The van der Waals surface area contributed by atoms with Crippen LogP contribution in [0.5, 0.6) is 5.75 Å². The summed E-state index contributed by atoms with van der Waals surface area (Å²) < 4.78 is 28.9. The van der Waals surface area contributed by atoms with Gasteiger partial charge in [-0.1, -0.05) is 6.07 Å². The fourth-order valence-corrected chi connectivity index (χ4v) is 3.58. The van der Waals surface area contributed by atoms with Gasteiger partial charge in [0.15, 0.2) is 11.6 Å². The Balaban J connectivity index is 2.13. The number of fused-ring (bicyclic) bond motifs is 1. The third-order valence-corrected chi connectivity index (χ3v) is 5.06. The van der Waals surface area contributed by atoms with Gasteiger partial charge in [0.25, 0.3) is 5.91 Å². The van der Waals surface area contributed by atoms with Crippen molar-refractivity contribution < 1.29 is 33.4 Å². The fraction of sp³-hybridized carbons (Fsp3) is 0.227. The minimum atomic E-state index is -1.07. The molecule has 0 unspecified atom stereocenters. The van der Waals surface area contributed by atoms with Gasteiger partial charge in [-0.15, -0.1) is 0 Å². The van der Waals surface area contributed by atoms with E-state index >= 15 is 0 Å². The van der Waals surface area contributed by atoms with E-state index in [2.05, 4.69) is 5.32 Å². The molecule has 0 saturated heterocycles. The molecule has 2 aromatic carbocycles. The fourth-order valence-electron chi connectivity index (χ4n) is 3.58. The van der Waals surface area contributed by atoms with Crippen LogP contribution >= 0.6 is 0 Å². The van der Waals surface area contributed by atoms with Gasteiger partial charge in [-0.2, -0.15) is 0 Å². The molecule has 3 aromatic rings. The summed E-state index contributed by atoms with van der Waals surface area (Å²) in [5.74, 6) is -5.26. The summed E-state index contributed by atoms with van der Waals surface area (Å²) in [6.07, 6.45) is -0.261. The van der Waals surface area contributed by atoms with E-state index in [1.54, 1.807) is 13.8 Å². The van der Waals surface area contributed by atoms with Crippen molar-refractivity contribution in [3.63, 3.8) is 0 Å². The van der Waals surface area contributed by atoms with Crippen molar-refractivity contribution >= 4 is 28.7 Å². The molecule has 3 N–H and O–H groups in total. The van der Waals surface area contributed by atoms with Gasteiger partial charge in [-0.25, -0.2) is 8.78 Å². The van der Waals surface area contributed by atoms with Crippen molar-refractivity contribution in [1.82, 2.24) is 9.88 Å². The molecule has 3 rings (SSSR count). The molecule has 1 heterocycles. The maximum atomic E-state index is 14.1. The van der Waals surface area contributed by atoms with Gasteiger partial charge in [0, 0.05) is 29.3 Å². The van der Waals surface area contributed by atoms with Gasteiger partial charge in [0.2, 0.25) is 5.91 Å². The number of hydrogen-bond acceptors (Lipinski definition) is 4. The highest BCUT2D eigenvalue weighted by Gasteiger charge is 2.27. The van der Waals surface area contributed by atoms with Gasteiger partial charge in [0.1, 0.15) is 5.82 Å². The molecular weight excluding hydrogens is 410 g/mol. The van der Waals surface area contributed by atoms with Crippen LogP contribution in [0.1, 0.15) is 40.9 Å². The zero-order valence-corrected chi connectivity index (χ0v) is 16.8. The van der Waals surface area contributed by atoms with Crippen LogP contribution in [0.25, 0.3) is 10.9 Å². The van der Waals surface area contributed by atoms with E-state index in [4.69, 9.17) is 5.11 Å². The largest absolute Gasteiger partial charge is 0.505 e. The van der Waals surface area contributed by atoms with E-state index in [1.165, 1.54) is 22.8 Å². The number of halogens is 2. The molecule has 0 saturated carbocycles. The van der Waals surface area contributed by atoms with E-state index in [9.17, 15) is 28.3 Å². The number of aliphatic carboxylic acids is 1. The van der Waals surface area contributed by atoms with Crippen LogP contribution in [-0.2, 0) is 9.59 Å². The number of carboxylic acid groups (broad SMARTS) is 1. The number of aromatic hydroxyl groups is 1. The third kappa shape index (κ3) is 4.25. The topological polar surface area (TPSA) is 109 Å². The van der Waals surface area contributed by atoms with Crippen LogP contribution in [0.2, 0.25) is 0 Å². The average molecular weight is 430 g/mol. The van der Waals surface area contributed by atoms with E-state index in [1.807, 2.05) is 0 Å². The first-order valence-corrected chi connectivity index (χ1v) is 9.45. The Kier molecular flexibility index (Phi) is 6.05. The van der Waals surface area contributed by atoms with E-state index in [-0.39, 0.29) is 29.4 Å². The van der Waals surface area contributed by atoms with Crippen molar-refractivity contribution in [2.75, 3.05) is 6.54 Å². The number of aromatic nitrogens is 1. The number of carboxylic acids is 1. The molecule has 0 fully saturated rings. The van der Waals surface area contributed by atoms with Gasteiger partial charge in [0.05, 0.1) is 17.9 Å². The number of phenols is 1. The molecule has 0 spiro atoms. The third-order valence-electron chi connectivity index (χ3n) is 5.06. The monoisotopic (exact) mass is 430 g/mol. The van der Waals surface area contributed by atoms with Crippen LogP contribution < -0.4 is 5.32 Å². The van der Waals surface area contributed by atoms with Crippen molar-refractivity contribution in [3.05, 3.63) is 64.9 Å². The lowest BCUT2D eigenvalue weighted by molar-refractivity contribution is -0.136. The number of phenolic OH excluding ortho intramolecular Hbond substituents is 1. The van der Waals surface area contributed by atoms with Crippen molar-refractivity contribution in [3.8, 4) is 5.75 Å². The SMILES string of the molecule is Cc1c([C@H](C)C(=O)NCCC(=O)O)c2cc(O)c(F)cc2n1C(=O)c1cccc(F)c1. The van der Waals surface area contributed by atoms with Gasteiger partial charge in [-0.3, -0.25) is 19.0 Å². The number of benzene rings is 2. The minimum absolute atomic E-state index is 0.0265. The van der Waals surface area contributed by atoms with Gasteiger partial charge < -0.3 is 15.5 Å². The Morgan fingerprint density at radius 3 is 2.52 bits per heavy atom. The second kappa shape index (κ2) is 8.55. The first kappa shape index (κ1) is 21.9. The number of nitrogens with zero attached hydrogens (tertiary/aromatic N) is 1. The second-order valence-corrected chi connectivity index (χ2v) is 7.13. The highest BCUT2D eigenvalue weighted by Crippen LogP contribution is 2.36. The average Bonchev–Trinajstić information content (AvgIpc) is 2.97. The molecule has 1 aromatic heterocycles. The molecule has 0 aliphatic rings. The Morgan fingerprint density at radius 1 is 1.16 bits per heavy atom. The van der Waals surface area contributed by atoms with Crippen molar-refractivity contribution in [1.29, 1.82) is 0 Å². The molecule has 0 aliphatic carbocycles. The summed E-state index contributed by atoms with van der Waals surface area (Å²) >= 11 is 0. The molecule has 9 heteroatoms. The quantitative estimate of drug-likeness (QED) is 0.556. The molecule has 1 atom stereocenters. The highest BCUT2D eigenvalue weighted by molar-refractivity contribution is 6.05. The summed E-state index contributed by atoms with van der Waals surface area (Å²) in [5, 5.41) is 21.4. The molecule has 162 valence electrons.